The lowest BCUT2D eigenvalue weighted by atomic mass is 9.98. The SMILES string of the molecule is Nc1nc(N)c(C(=O)NC2=NC[C@H](CCCc3ccc(OC[C@@H](O)CO)cc3)C2)nc1Cl. The zero-order valence-corrected chi connectivity index (χ0v) is 18.3. The molecule has 1 aromatic heterocycles. The van der Waals surface area contributed by atoms with E-state index in [2.05, 4.69) is 20.3 Å². The maximum atomic E-state index is 12.4. The minimum Gasteiger partial charge on any atom is -0.491 e. The van der Waals surface area contributed by atoms with Crippen LogP contribution in [0.1, 0.15) is 35.3 Å². The third-order valence-electron chi connectivity index (χ3n) is 5.05. The summed E-state index contributed by atoms with van der Waals surface area (Å²) in [7, 11) is 0. The second-order valence-corrected chi connectivity index (χ2v) is 7.99. The molecule has 10 nitrogen and oxygen atoms in total. The third kappa shape index (κ3) is 6.52. The summed E-state index contributed by atoms with van der Waals surface area (Å²) in [4.78, 5) is 24.5. The monoisotopic (exact) mass is 462 g/mol. The second kappa shape index (κ2) is 11.1. The van der Waals surface area contributed by atoms with Gasteiger partial charge in [-0.15, -0.1) is 0 Å². The molecule has 2 aromatic rings. The number of benzene rings is 1. The number of rotatable bonds is 9. The van der Waals surface area contributed by atoms with Gasteiger partial charge in [0.05, 0.1) is 6.61 Å². The van der Waals surface area contributed by atoms with E-state index in [4.69, 9.17) is 32.9 Å². The van der Waals surface area contributed by atoms with Crippen molar-refractivity contribution in [3.05, 3.63) is 40.7 Å². The second-order valence-electron chi connectivity index (χ2n) is 7.63. The maximum Gasteiger partial charge on any atom is 0.279 e. The first-order chi connectivity index (χ1) is 15.4. The minimum atomic E-state index is -0.882. The molecule has 1 amide bonds. The molecule has 2 atom stereocenters. The Hall–Kier alpha value is -2.95. The number of anilines is 2. The number of aromatic nitrogens is 2. The van der Waals surface area contributed by atoms with E-state index >= 15 is 0 Å². The van der Waals surface area contributed by atoms with Crippen LogP contribution in [0.15, 0.2) is 29.3 Å². The number of nitrogens with two attached hydrogens (primary N) is 2. The van der Waals surface area contributed by atoms with Gasteiger partial charge in [0.2, 0.25) is 0 Å². The largest absolute Gasteiger partial charge is 0.491 e. The van der Waals surface area contributed by atoms with Crippen molar-refractivity contribution in [2.24, 2.45) is 10.9 Å². The Balaban J connectivity index is 1.40. The predicted molar refractivity (Wildman–Crippen MR) is 122 cm³/mol. The van der Waals surface area contributed by atoms with Gasteiger partial charge in [0.25, 0.3) is 5.91 Å². The highest BCUT2D eigenvalue weighted by Crippen LogP contribution is 2.22. The molecule has 1 aromatic carbocycles. The van der Waals surface area contributed by atoms with Crippen LogP contribution in [0.2, 0.25) is 5.15 Å². The number of ether oxygens (including phenoxy) is 1. The van der Waals surface area contributed by atoms with Gasteiger partial charge < -0.3 is 31.7 Å². The molecule has 0 unspecified atom stereocenters. The molecule has 0 aliphatic carbocycles. The number of halogens is 1. The molecule has 0 bridgehead atoms. The van der Waals surface area contributed by atoms with Gasteiger partial charge in [-0.3, -0.25) is 9.79 Å². The van der Waals surface area contributed by atoms with Crippen molar-refractivity contribution in [2.75, 3.05) is 31.2 Å². The first-order valence-electron chi connectivity index (χ1n) is 10.3. The fourth-order valence-electron chi connectivity index (χ4n) is 3.32. The van der Waals surface area contributed by atoms with Crippen molar-refractivity contribution < 1.29 is 19.7 Å². The zero-order chi connectivity index (χ0) is 23.1. The van der Waals surface area contributed by atoms with Crippen molar-refractivity contribution in [2.45, 2.75) is 31.8 Å². The summed E-state index contributed by atoms with van der Waals surface area (Å²) in [6.07, 6.45) is 2.65. The highest BCUT2D eigenvalue weighted by atomic mass is 35.5. The van der Waals surface area contributed by atoms with Crippen LogP contribution in [0.25, 0.3) is 0 Å². The van der Waals surface area contributed by atoms with Gasteiger partial charge >= 0.3 is 0 Å². The summed E-state index contributed by atoms with van der Waals surface area (Å²) in [6, 6.07) is 7.68. The molecule has 0 saturated carbocycles. The van der Waals surface area contributed by atoms with Crippen molar-refractivity contribution in [1.82, 2.24) is 15.3 Å². The van der Waals surface area contributed by atoms with Crippen molar-refractivity contribution in [1.29, 1.82) is 0 Å². The zero-order valence-electron chi connectivity index (χ0n) is 17.5. The summed E-state index contributed by atoms with van der Waals surface area (Å²) >= 11 is 5.83. The van der Waals surface area contributed by atoms with Gasteiger partial charge in [0, 0.05) is 13.0 Å². The molecule has 0 fully saturated rings. The Morgan fingerprint density at radius 3 is 2.72 bits per heavy atom. The van der Waals surface area contributed by atoms with Crippen LogP contribution < -0.4 is 21.5 Å². The maximum absolute atomic E-state index is 12.4. The standard InChI is InChI=1S/C21H27ClN6O4/c22-18-20(24)28-19(23)17(27-18)21(31)26-16-8-13(9-25-16)3-1-2-12-4-6-15(7-5-12)32-11-14(30)10-29/h4-7,13-14,29-30H,1-3,8-11H2,(H4,23,24,28)(H,25,26,31)/t13-,14+/m1/s1. The van der Waals surface area contributed by atoms with Crippen LogP contribution in [0, 0.1) is 5.92 Å². The number of hydrogen-bond acceptors (Lipinski definition) is 9. The molecule has 2 heterocycles. The number of aliphatic hydroxyl groups excluding tert-OH is 2. The Morgan fingerprint density at radius 2 is 2.00 bits per heavy atom. The van der Waals surface area contributed by atoms with Gasteiger partial charge in [0.15, 0.2) is 22.5 Å². The average Bonchev–Trinajstić information content (AvgIpc) is 3.22. The number of aliphatic hydroxyl groups is 2. The molecule has 0 radical (unpaired) electrons. The van der Waals surface area contributed by atoms with Gasteiger partial charge in [-0.1, -0.05) is 23.7 Å². The lowest BCUT2D eigenvalue weighted by molar-refractivity contribution is 0.0536. The first-order valence-corrected chi connectivity index (χ1v) is 10.7. The van der Waals surface area contributed by atoms with Gasteiger partial charge in [0.1, 0.15) is 24.3 Å². The molecule has 3 rings (SSSR count). The molecular formula is C21H27ClN6O4. The number of amidine groups is 1. The van der Waals surface area contributed by atoms with E-state index in [9.17, 15) is 9.90 Å². The molecule has 172 valence electrons. The molecular weight excluding hydrogens is 436 g/mol. The van der Waals surface area contributed by atoms with E-state index in [0.717, 1.165) is 19.3 Å². The summed E-state index contributed by atoms with van der Waals surface area (Å²) in [5.41, 5.74) is 12.4. The number of carbonyl (C=O) groups excluding carboxylic acids is 1. The van der Waals surface area contributed by atoms with E-state index in [1.165, 1.54) is 5.56 Å². The number of nitrogens with zero attached hydrogens (tertiary/aromatic N) is 3. The number of nitrogens with one attached hydrogen (secondary N) is 1. The molecule has 0 saturated heterocycles. The average molecular weight is 463 g/mol. The topological polar surface area (TPSA) is 169 Å². The van der Waals surface area contributed by atoms with Crippen LogP contribution in [-0.4, -0.2) is 57.8 Å². The van der Waals surface area contributed by atoms with E-state index in [-0.39, 0.29) is 35.7 Å². The normalized spacial score (nSPS) is 16.5. The van der Waals surface area contributed by atoms with Gasteiger partial charge in [-0.25, -0.2) is 9.97 Å². The number of amides is 1. The number of aryl methyl sites for hydroxylation is 1. The number of hydrogen-bond donors (Lipinski definition) is 5. The Labute approximate surface area is 190 Å². The highest BCUT2D eigenvalue weighted by Gasteiger charge is 2.23. The number of nitrogen functional groups attached to an aromatic ring is 2. The fourth-order valence-corrected chi connectivity index (χ4v) is 3.44. The highest BCUT2D eigenvalue weighted by molar-refractivity contribution is 6.31. The number of aliphatic imine (C=N–C) groups is 1. The van der Waals surface area contributed by atoms with Crippen LogP contribution >= 0.6 is 11.6 Å². The van der Waals surface area contributed by atoms with Crippen LogP contribution in [0.3, 0.4) is 0 Å². The molecule has 0 spiro atoms. The van der Waals surface area contributed by atoms with E-state index < -0.39 is 12.0 Å². The Kier molecular flexibility index (Phi) is 8.20. The van der Waals surface area contributed by atoms with E-state index in [1.807, 2.05) is 24.3 Å². The molecule has 11 heteroatoms. The fraction of sp³-hybridized carbons (Fsp3) is 0.429. The first kappa shape index (κ1) is 23.7. The summed E-state index contributed by atoms with van der Waals surface area (Å²) in [5.74, 6) is 0.984. The van der Waals surface area contributed by atoms with Gasteiger partial charge in [-0.2, -0.15) is 0 Å². The molecule has 1 aliphatic heterocycles. The van der Waals surface area contributed by atoms with E-state index in [1.54, 1.807) is 0 Å². The Morgan fingerprint density at radius 1 is 1.25 bits per heavy atom. The molecule has 1 aliphatic rings. The quantitative estimate of drug-likeness (QED) is 0.370. The smallest absolute Gasteiger partial charge is 0.279 e. The summed E-state index contributed by atoms with van der Waals surface area (Å²) < 4.78 is 5.41. The van der Waals surface area contributed by atoms with Crippen molar-refractivity contribution in [3.8, 4) is 5.75 Å². The molecule has 7 N–H and O–H groups in total. The van der Waals surface area contributed by atoms with Crippen LogP contribution in [-0.2, 0) is 6.42 Å². The Bertz CT molecular complexity index is 970. The van der Waals surface area contributed by atoms with Crippen molar-refractivity contribution in [3.63, 3.8) is 0 Å². The lowest BCUT2D eigenvalue weighted by Crippen LogP contribution is -2.31. The summed E-state index contributed by atoms with van der Waals surface area (Å²) in [5, 5.41) is 20.8. The minimum absolute atomic E-state index is 0.0263. The van der Waals surface area contributed by atoms with Crippen LogP contribution in [0.5, 0.6) is 5.75 Å². The predicted octanol–water partition coefficient (Wildman–Crippen LogP) is 1.20. The van der Waals surface area contributed by atoms with Gasteiger partial charge in [-0.05, 0) is 42.9 Å². The third-order valence-corrected chi connectivity index (χ3v) is 5.33. The molecule has 32 heavy (non-hydrogen) atoms. The van der Waals surface area contributed by atoms with Crippen LogP contribution in [0.4, 0.5) is 11.6 Å². The lowest BCUT2D eigenvalue weighted by Gasteiger charge is -2.11. The number of carbonyl (C=O) groups is 1. The summed E-state index contributed by atoms with van der Waals surface area (Å²) in [6.45, 7) is 0.381. The van der Waals surface area contributed by atoms with Crippen molar-refractivity contribution >= 4 is 35.0 Å². The van der Waals surface area contributed by atoms with E-state index in [0.29, 0.717) is 30.5 Å².